The lowest BCUT2D eigenvalue weighted by Gasteiger charge is -2.15. The van der Waals surface area contributed by atoms with Crippen LogP contribution in [0.3, 0.4) is 0 Å². The van der Waals surface area contributed by atoms with E-state index in [9.17, 15) is 18.0 Å². The molecule has 32 heavy (non-hydrogen) atoms. The predicted molar refractivity (Wildman–Crippen MR) is 121 cm³/mol. The molecule has 1 fully saturated rings. The maximum atomic E-state index is 12.6. The Morgan fingerprint density at radius 3 is 2.34 bits per heavy atom. The zero-order valence-electron chi connectivity index (χ0n) is 17.2. The SMILES string of the molecule is O=C(Cc1csc(-c2ccccc2)n1)NNC(=O)c1ccc(S(=O)(=O)N2CCCC2)cc1. The van der Waals surface area contributed by atoms with Gasteiger partial charge in [-0.1, -0.05) is 30.3 Å². The molecule has 3 aromatic rings. The highest BCUT2D eigenvalue weighted by atomic mass is 32.2. The molecule has 2 N–H and O–H groups in total. The van der Waals surface area contributed by atoms with E-state index in [1.165, 1.54) is 39.9 Å². The molecule has 1 aromatic heterocycles. The second kappa shape index (κ2) is 9.60. The molecule has 0 saturated carbocycles. The van der Waals surface area contributed by atoms with Crippen LogP contribution in [0.4, 0.5) is 0 Å². The Morgan fingerprint density at radius 1 is 0.969 bits per heavy atom. The minimum absolute atomic E-state index is 0.0244. The Balaban J connectivity index is 1.31. The molecule has 0 atom stereocenters. The first-order valence-corrected chi connectivity index (χ1v) is 12.4. The van der Waals surface area contributed by atoms with Crippen molar-refractivity contribution in [1.29, 1.82) is 0 Å². The summed E-state index contributed by atoms with van der Waals surface area (Å²) >= 11 is 1.45. The number of carbonyl (C=O) groups excluding carboxylic acids is 2. The van der Waals surface area contributed by atoms with Gasteiger partial charge in [0, 0.05) is 29.6 Å². The topological polar surface area (TPSA) is 108 Å². The van der Waals surface area contributed by atoms with Crippen molar-refractivity contribution in [3.8, 4) is 10.6 Å². The first kappa shape index (κ1) is 22.1. The fourth-order valence-electron chi connectivity index (χ4n) is 3.36. The molecule has 10 heteroatoms. The standard InChI is InChI=1S/C22H22N4O4S2/c27-20(14-18-15-31-22(23-18)17-6-2-1-3-7-17)24-25-21(28)16-8-10-19(11-9-16)32(29,30)26-12-4-5-13-26/h1-3,6-11,15H,4-5,12-14H2,(H,24,27)(H,25,28). The number of thiazole rings is 1. The smallest absolute Gasteiger partial charge is 0.269 e. The average molecular weight is 471 g/mol. The summed E-state index contributed by atoms with van der Waals surface area (Å²) in [5.41, 5.74) is 6.54. The van der Waals surface area contributed by atoms with Crippen LogP contribution in [0.2, 0.25) is 0 Å². The van der Waals surface area contributed by atoms with Crippen LogP contribution in [0.1, 0.15) is 28.9 Å². The van der Waals surface area contributed by atoms with Crippen molar-refractivity contribution in [2.45, 2.75) is 24.2 Å². The minimum Gasteiger partial charge on any atom is -0.273 e. The normalized spacial score (nSPS) is 14.2. The zero-order valence-corrected chi connectivity index (χ0v) is 18.8. The maximum absolute atomic E-state index is 12.6. The largest absolute Gasteiger partial charge is 0.273 e. The third-order valence-electron chi connectivity index (χ3n) is 5.05. The summed E-state index contributed by atoms with van der Waals surface area (Å²) in [4.78, 5) is 29.1. The third-order valence-corrected chi connectivity index (χ3v) is 7.90. The van der Waals surface area contributed by atoms with Crippen molar-refractivity contribution in [2.75, 3.05) is 13.1 Å². The quantitative estimate of drug-likeness (QED) is 0.539. The van der Waals surface area contributed by atoms with Crippen LogP contribution < -0.4 is 10.9 Å². The molecule has 1 saturated heterocycles. The van der Waals surface area contributed by atoms with E-state index in [-0.39, 0.29) is 16.9 Å². The molecule has 2 heterocycles. The zero-order chi connectivity index (χ0) is 22.6. The van der Waals surface area contributed by atoms with Crippen molar-refractivity contribution in [3.05, 3.63) is 71.2 Å². The van der Waals surface area contributed by atoms with E-state index in [1.54, 1.807) is 0 Å². The van der Waals surface area contributed by atoms with Crippen LogP contribution in [-0.4, -0.2) is 42.6 Å². The summed E-state index contributed by atoms with van der Waals surface area (Å²) in [6, 6.07) is 15.3. The van der Waals surface area contributed by atoms with Gasteiger partial charge in [-0.2, -0.15) is 4.31 Å². The van der Waals surface area contributed by atoms with Crippen molar-refractivity contribution in [3.63, 3.8) is 0 Å². The monoisotopic (exact) mass is 470 g/mol. The molecule has 8 nitrogen and oxygen atoms in total. The molecule has 0 unspecified atom stereocenters. The van der Waals surface area contributed by atoms with Crippen LogP contribution in [0, 0.1) is 0 Å². The summed E-state index contributed by atoms with van der Waals surface area (Å²) in [6.45, 7) is 1.03. The van der Waals surface area contributed by atoms with Crippen molar-refractivity contribution in [2.24, 2.45) is 0 Å². The Labute approximate surface area is 190 Å². The van der Waals surface area contributed by atoms with Gasteiger partial charge in [0.2, 0.25) is 15.9 Å². The van der Waals surface area contributed by atoms with Gasteiger partial charge in [-0.15, -0.1) is 11.3 Å². The van der Waals surface area contributed by atoms with Gasteiger partial charge in [0.05, 0.1) is 17.0 Å². The number of nitrogens with zero attached hydrogens (tertiary/aromatic N) is 2. The van der Waals surface area contributed by atoms with Crippen LogP contribution in [-0.2, 0) is 21.2 Å². The average Bonchev–Trinajstić information content (AvgIpc) is 3.51. The number of hydrogen-bond donors (Lipinski definition) is 2. The van der Waals surface area contributed by atoms with Gasteiger partial charge in [-0.25, -0.2) is 13.4 Å². The number of benzene rings is 2. The summed E-state index contributed by atoms with van der Waals surface area (Å²) in [5.74, 6) is -0.941. The molecule has 166 valence electrons. The number of sulfonamides is 1. The van der Waals surface area contributed by atoms with Gasteiger partial charge < -0.3 is 0 Å². The lowest BCUT2D eigenvalue weighted by atomic mass is 10.2. The van der Waals surface area contributed by atoms with Gasteiger partial charge in [-0.05, 0) is 37.1 Å². The third kappa shape index (κ3) is 5.04. The molecular formula is C22H22N4O4S2. The van der Waals surface area contributed by atoms with Gasteiger partial charge in [0.1, 0.15) is 5.01 Å². The van der Waals surface area contributed by atoms with E-state index in [4.69, 9.17) is 0 Å². The summed E-state index contributed by atoms with van der Waals surface area (Å²) in [5, 5.41) is 2.63. The number of rotatable bonds is 6. The molecule has 0 spiro atoms. The Kier molecular flexibility index (Phi) is 6.63. The Morgan fingerprint density at radius 2 is 1.66 bits per heavy atom. The molecule has 0 aliphatic carbocycles. The number of hydrazine groups is 1. The fourth-order valence-corrected chi connectivity index (χ4v) is 5.71. The van der Waals surface area contributed by atoms with Crippen LogP contribution in [0.5, 0.6) is 0 Å². The molecule has 1 aliphatic rings. The molecule has 1 aliphatic heterocycles. The number of amides is 2. The minimum atomic E-state index is -3.53. The molecule has 2 amide bonds. The first-order chi connectivity index (χ1) is 15.4. The highest BCUT2D eigenvalue weighted by molar-refractivity contribution is 7.89. The molecule has 0 bridgehead atoms. The fraction of sp³-hybridized carbons (Fsp3) is 0.227. The summed E-state index contributed by atoms with van der Waals surface area (Å²) in [6.07, 6.45) is 1.73. The lowest BCUT2D eigenvalue weighted by molar-refractivity contribution is -0.121. The molecule has 4 rings (SSSR count). The number of nitrogens with one attached hydrogen (secondary N) is 2. The Hall–Kier alpha value is -3.08. The summed E-state index contributed by atoms with van der Waals surface area (Å²) in [7, 11) is -3.53. The number of aromatic nitrogens is 1. The molecule has 0 radical (unpaired) electrons. The number of hydrogen-bond acceptors (Lipinski definition) is 6. The van der Waals surface area contributed by atoms with Gasteiger partial charge >= 0.3 is 0 Å². The van der Waals surface area contributed by atoms with Gasteiger partial charge in [0.15, 0.2) is 0 Å². The van der Waals surface area contributed by atoms with E-state index in [1.807, 2.05) is 35.7 Å². The van der Waals surface area contributed by atoms with E-state index in [2.05, 4.69) is 15.8 Å². The second-order valence-electron chi connectivity index (χ2n) is 7.32. The maximum Gasteiger partial charge on any atom is 0.269 e. The Bertz CT molecular complexity index is 1200. The van der Waals surface area contributed by atoms with Crippen LogP contribution in [0.25, 0.3) is 10.6 Å². The number of carbonyl (C=O) groups is 2. The molecular weight excluding hydrogens is 448 g/mol. The summed E-state index contributed by atoms with van der Waals surface area (Å²) < 4.78 is 26.6. The van der Waals surface area contributed by atoms with Gasteiger partial charge in [0.25, 0.3) is 5.91 Å². The van der Waals surface area contributed by atoms with Crippen molar-refractivity contribution >= 4 is 33.2 Å². The highest BCUT2D eigenvalue weighted by Crippen LogP contribution is 2.23. The predicted octanol–water partition coefficient (Wildman–Crippen LogP) is 2.60. The highest BCUT2D eigenvalue weighted by Gasteiger charge is 2.27. The van der Waals surface area contributed by atoms with Crippen LogP contribution in [0.15, 0.2) is 64.9 Å². The second-order valence-corrected chi connectivity index (χ2v) is 10.1. The van der Waals surface area contributed by atoms with E-state index in [0.29, 0.717) is 18.8 Å². The van der Waals surface area contributed by atoms with E-state index >= 15 is 0 Å². The first-order valence-electron chi connectivity index (χ1n) is 10.1. The lowest BCUT2D eigenvalue weighted by Crippen LogP contribution is -2.42. The molecule has 2 aromatic carbocycles. The van der Waals surface area contributed by atoms with E-state index < -0.39 is 21.8 Å². The van der Waals surface area contributed by atoms with Gasteiger partial charge in [-0.3, -0.25) is 20.4 Å². The van der Waals surface area contributed by atoms with E-state index in [0.717, 1.165) is 23.4 Å². The van der Waals surface area contributed by atoms with Crippen LogP contribution >= 0.6 is 11.3 Å². The van der Waals surface area contributed by atoms with Crippen molar-refractivity contribution < 1.29 is 18.0 Å². The van der Waals surface area contributed by atoms with Crippen molar-refractivity contribution in [1.82, 2.24) is 20.1 Å².